The molecule has 1 aromatic heterocycles. The summed E-state index contributed by atoms with van der Waals surface area (Å²) in [6.45, 7) is 5.26. The summed E-state index contributed by atoms with van der Waals surface area (Å²) in [5, 5.41) is 5.03. The van der Waals surface area contributed by atoms with Crippen LogP contribution in [0.4, 0.5) is 0 Å². The van der Waals surface area contributed by atoms with Crippen LogP contribution in [-0.2, 0) is 4.79 Å². The van der Waals surface area contributed by atoms with E-state index in [1.54, 1.807) is 11.3 Å². The van der Waals surface area contributed by atoms with Gasteiger partial charge in [0.15, 0.2) is 0 Å². The molecule has 4 nitrogen and oxygen atoms in total. The quantitative estimate of drug-likeness (QED) is 0.862. The van der Waals surface area contributed by atoms with Crippen LogP contribution in [-0.4, -0.2) is 37.0 Å². The standard InChI is InChI=1S/C14H23N3OS/c1-11-4-6-17(7-5-11)12(10-16-14(18)9-15)13-3-2-8-19-13/h2-3,8,11-12H,4-7,9-10,15H2,1H3,(H,16,18). The number of nitrogens with zero attached hydrogens (tertiary/aromatic N) is 1. The van der Waals surface area contributed by atoms with Crippen LogP contribution in [0.2, 0.25) is 0 Å². The number of thiophene rings is 1. The van der Waals surface area contributed by atoms with E-state index in [-0.39, 0.29) is 12.5 Å². The molecule has 0 radical (unpaired) electrons. The van der Waals surface area contributed by atoms with Gasteiger partial charge in [-0.1, -0.05) is 13.0 Å². The Hall–Kier alpha value is -0.910. The lowest BCUT2D eigenvalue weighted by Gasteiger charge is -2.36. The van der Waals surface area contributed by atoms with Crippen LogP contribution < -0.4 is 11.1 Å². The second kappa shape index (κ2) is 7.03. The van der Waals surface area contributed by atoms with E-state index in [9.17, 15) is 4.79 Å². The fraction of sp³-hybridized carbons (Fsp3) is 0.643. The van der Waals surface area contributed by atoms with Crippen molar-refractivity contribution in [2.75, 3.05) is 26.2 Å². The largest absolute Gasteiger partial charge is 0.353 e. The van der Waals surface area contributed by atoms with Gasteiger partial charge in [0.1, 0.15) is 0 Å². The van der Waals surface area contributed by atoms with E-state index < -0.39 is 0 Å². The first-order chi connectivity index (χ1) is 9.20. The molecular weight excluding hydrogens is 258 g/mol. The molecule has 0 aliphatic carbocycles. The number of rotatable bonds is 5. The lowest BCUT2D eigenvalue weighted by Crippen LogP contribution is -2.42. The average molecular weight is 281 g/mol. The van der Waals surface area contributed by atoms with E-state index in [1.807, 2.05) is 0 Å². The molecule has 1 saturated heterocycles. The third kappa shape index (κ3) is 4.03. The third-order valence-corrected chi connectivity index (χ3v) is 4.78. The highest BCUT2D eigenvalue weighted by molar-refractivity contribution is 7.10. The molecule has 1 atom stereocenters. The van der Waals surface area contributed by atoms with E-state index in [2.05, 4.69) is 34.7 Å². The fourth-order valence-electron chi connectivity index (χ4n) is 2.51. The molecule has 1 amide bonds. The Morgan fingerprint density at radius 1 is 1.58 bits per heavy atom. The van der Waals surface area contributed by atoms with Crippen LogP contribution in [0.1, 0.15) is 30.7 Å². The number of hydrogen-bond donors (Lipinski definition) is 2. The summed E-state index contributed by atoms with van der Waals surface area (Å²) < 4.78 is 0. The molecular formula is C14H23N3OS. The van der Waals surface area contributed by atoms with Gasteiger partial charge in [-0.05, 0) is 43.3 Å². The lowest BCUT2D eigenvalue weighted by atomic mass is 9.97. The van der Waals surface area contributed by atoms with E-state index in [4.69, 9.17) is 5.73 Å². The van der Waals surface area contributed by atoms with Crippen LogP contribution in [0.3, 0.4) is 0 Å². The summed E-state index contributed by atoms with van der Waals surface area (Å²) in [7, 11) is 0. The topological polar surface area (TPSA) is 58.4 Å². The Kier molecular flexibility index (Phi) is 5.36. The van der Waals surface area contributed by atoms with Crippen LogP contribution in [0.5, 0.6) is 0 Å². The van der Waals surface area contributed by atoms with Gasteiger partial charge in [0.25, 0.3) is 0 Å². The maximum atomic E-state index is 11.4. The Balaban J connectivity index is 2.00. The minimum Gasteiger partial charge on any atom is -0.353 e. The zero-order valence-electron chi connectivity index (χ0n) is 11.5. The van der Waals surface area contributed by atoms with Crippen molar-refractivity contribution in [2.45, 2.75) is 25.8 Å². The number of carbonyl (C=O) groups is 1. The summed E-state index contributed by atoms with van der Waals surface area (Å²) in [4.78, 5) is 15.2. The van der Waals surface area contributed by atoms with Gasteiger partial charge < -0.3 is 11.1 Å². The maximum Gasteiger partial charge on any atom is 0.233 e. The molecule has 3 N–H and O–H groups in total. The summed E-state index contributed by atoms with van der Waals surface area (Å²) in [6.07, 6.45) is 2.49. The van der Waals surface area contributed by atoms with Gasteiger partial charge in [-0.15, -0.1) is 11.3 Å². The number of piperidine rings is 1. The summed E-state index contributed by atoms with van der Waals surface area (Å²) in [5.74, 6) is 0.741. The predicted molar refractivity (Wildman–Crippen MR) is 79.1 cm³/mol. The Morgan fingerprint density at radius 3 is 2.89 bits per heavy atom. The zero-order chi connectivity index (χ0) is 13.7. The molecule has 1 aromatic rings. The molecule has 0 aromatic carbocycles. The van der Waals surface area contributed by atoms with Crippen molar-refractivity contribution in [2.24, 2.45) is 11.7 Å². The highest BCUT2D eigenvalue weighted by Crippen LogP contribution is 2.28. The first-order valence-electron chi connectivity index (χ1n) is 6.95. The molecule has 0 bridgehead atoms. The third-order valence-electron chi connectivity index (χ3n) is 3.81. The summed E-state index contributed by atoms with van der Waals surface area (Å²) in [5.41, 5.74) is 5.35. The van der Waals surface area contributed by atoms with Gasteiger partial charge in [0.05, 0.1) is 12.6 Å². The maximum absolute atomic E-state index is 11.4. The molecule has 1 fully saturated rings. The van der Waals surface area contributed by atoms with Crippen LogP contribution >= 0.6 is 11.3 Å². The molecule has 1 aliphatic rings. The summed E-state index contributed by atoms with van der Waals surface area (Å²) in [6, 6.07) is 4.52. The van der Waals surface area contributed by atoms with Gasteiger partial charge in [0, 0.05) is 11.4 Å². The van der Waals surface area contributed by atoms with E-state index >= 15 is 0 Å². The molecule has 1 unspecified atom stereocenters. The Morgan fingerprint density at radius 2 is 2.32 bits per heavy atom. The molecule has 106 valence electrons. The first-order valence-corrected chi connectivity index (χ1v) is 7.83. The average Bonchev–Trinajstić information content (AvgIpc) is 2.94. The fourth-order valence-corrected chi connectivity index (χ4v) is 3.37. The normalized spacial score (nSPS) is 19.3. The lowest BCUT2D eigenvalue weighted by molar-refractivity contribution is -0.120. The summed E-state index contributed by atoms with van der Waals surface area (Å²) >= 11 is 1.76. The number of amides is 1. The number of likely N-dealkylation sites (tertiary alicyclic amines) is 1. The van der Waals surface area contributed by atoms with Crippen molar-refractivity contribution in [1.82, 2.24) is 10.2 Å². The predicted octanol–water partition coefficient (Wildman–Crippen LogP) is 1.60. The van der Waals surface area contributed by atoms with Crippen molar-refractivity contribution >= 4 is 17.2 Å². The molecule has 2 rings (SSSR count). The SMILES string of the molecule is CC1CCN(C(CNC(=O)CN)c2cccs2)CC1. The zero-order valence-corrected chi connectivity index (χ0v) is 12.3. The number of carbonyl (C=O) groups excluding carboxylic acids is 1. The van der Waals surface area contributed by atoms with Gasteiger partial charge in [-0.3, -0.25) is 9.69 Å². The van der Waals surface area contributed by atoms with Gasteiger partial charge in [-0.2, -0.15) is 0 Å². The van der Waals surface area contributed by atoms with E-state index in [0.29, 0.717) is 12.6 Å². The minimum absolute atomic E-state index is 0.0637. The molecule has 1 aliphatic heterocycles. The molecule has 19 heavy (non-hydrogen) atoms. The highest BCUT2D eigenvalue weighted by atomic mass is 32.1. The van der Waals surface area contributed by atoms with Crippen molar-refractivity contribution in [3.8, 4) is 0 Å². The first kappa shape index (κ1) is 14.5. The smallest absolute Gasteiger partial charge is 0.233 e. The van der Waals surface area contributed by atoms with Crippen LogP contribution in [0.15, 0.2) is 17.5 Å². The van der Waals surface area contributed by atoms with E-state index in [1.165, 1.54) is 17.7 Å². The molecule has 0 spiro atoms. The number of nitrogens with two attached hydrogens (primary N) is 1. The van der Waals surface area contributed by atoms with Crippen molar-refractivity contribution in [3.05, 3.63) is 22.4 Å². The second-order valence-electron chi connectivity index (χ2n) is 5.26. The molecule has 0 saturated carbocycles. The minimum atomic E-state index is -0.0769. The number of hydrogen-bond acceptors (Lipinski definition) is 4. The highest BCUT2D eigenvalue weighted by Gasteiger charge is 2.25. The molecule has 5 heteroatoms. The van der Waals surface area contributed by atoms with Crippen molar-refractivity contribution in [1.29, 1.82) is 0 Å². The Bertz CT molecular complexity index is 385. The van der Waals surface area contributed by atoms with Gasteiger partial charge >= 0.3 is 0 Å². The van der Waals surface area contributed by atoms with Crippen LogP contribution in [0, 0.1) is 5.92 Å². The monoisotopic (exact) mass is 281 g/mol. The van der Waals surface area contributed by atoms with Crippen molar-refractivity contribution in [3.63, 3.8) is 0 Å². The number of nitrogens with one attached hydrogen (secondary N) is 1. The van der Waals surface area contributed by atoms with E-state index in [0.717, 1.165) is 19.0 Å². The Labute approximate surface area is 119 Å². The molecule has 2 heterocycles. The van der Waals surface area contributed by atoms with Crippen LogP contribution in [0.25, 0.3) is 0 Å². The second-order valence-corrected chi connectivity index (χ2v) is 6.24. The van der Waals surface area contributed by atoms with Gasteiger partial charge in [0.2, 0.25) is 5.91 Å². The van der Waals surface area contributed by atoms with Gasteiger partial charge in [-0.25, -0.2) is 0 Å². The van der Waals surface area contributed by atoms with Crippen molar-refractivity contribution < 1.29 is 4.79 Å².